The van der Waals surface area contributed by atoms with Gasteiger partial charge in [0.1, 0.15) is 5.75 Å². The van der Waals surface area contributed by atoms with Crippen LogP contribution in [0.25, 0.3) is 0 Å². The van der Waals surface area contributed by atoms with Gasteiger partial charge in [0.2, 0.25) is 0 Å². The zero-order chi connectivity index (χ0) is 14.5. The van der Waals surface area contributed by atoms with E-state index in [4.69, 9.17) is 11.6 Å². The molecule has 0 bridgehead atoms. The van der Waals surface area contributed by atoms with E-state index in [1.54, 1.807) is 4.90 Å². The van der Waals surface area contributed by atoms with E-state index in [1.807, 2.05) is 0 Å². The van der Waals surface area contributed by atoms with Gasteiger partial charge in [-0.25, -0.2) is 5.43 Å². The van der Waals surface area contributed by atoms with Crippen molar-refractivity contribution in [2.24, 2.45) is 5.10 Å². The molecule has 20 heavy (non-hydrogen) atoms. The first kappa shape index (κ1) is 14.8. The number of nitrogens with zero attached hydrogens (tertiary/aromatic N) is 1. The minimum atomic E-state index is -0.442. The maximum atomic E-state index is 11.9. The van der Waals surface area contributed by atoms with Crippen molar-refractivity contribution in [2.45, 2.75) is 19.8 Å². The van der Waals surface area contributed by atoms with Gasteiger partial charge in [-0.05, 0) is 25.1 Å². The lowest BCUT2D eigenvalue weighted by Crippen LogP contribution is -3.12. The molecule has 1 aliphatic heterocycles. The molecule has 0 radical (unpaired) electrons. The molecule has 2 rings (SSSR count). The largest absolute Gasteiger partial charge is 0.507 e. The van der Waals surface area contributed by atoms with Crippen molar-refractivity contribution in [3.05, 3.63) is 28.8 Å². The van der Waals surface area contributed by atoms with Crippen LogP contribution in [0.15, 0.2) is 23.3 Å². The van der Waals surface area contributed by atoms with Crippen molar-refractivity contribution in [3.63, 3.8) is 0 Å². The summed E-state index contributed by atoms with van der Waals surface area (Å²) < 4.78 is 0. The Bertz CT molecular complexity index is 521. The fourth-order valence-corrected chi connectivity index (χ4v) is 2.41. The molecule has 0 aliphatic carbocycles. The van der Waals surface area contributed by atoms with Gasteiger partial charge in [0.25, 0.3) is 5.91 Å². The summed E-state index contributed by atoms with van der Waals surface area (Å²) in [6, 6.07) is 4.35. The molecule has 0 unspecified atom stereocenters. The third-order valence-corrected chi connectivity index (χ3v) is 3.79. The van der Waals surface area contributed by atoms with E-state index >= 15 is 0 Å². The van der Waals surface area contributed by atoms with Gasteiger partial charge in [-0.15, -0.1) is 0 Å². The van der Waals surface area contributed by atoms with E-state index in [0.29, 0.717) is 5.02 Å². The molecule has 6 heteroatoms. The third kappa shape index (κ3) is 3.71. The van der Waals surface area contributed by atoms with E-state index in [0.717, 1.165) is 38.2 Å². The number of nitrogens with one attached hydrogen (secondary N) is 2. The highest BCUT2D eigenvalue weighted by Gasteiger charge is 2.17. The van der Waals surface area contributed by atoms with Crippen LogP contribution in [-0.4, -0.2) is 36.4 Å². The maximum Gasteiger partial charge on any atom is 0.275 e. The lowest BCUT2D eigenvalue weighted by molar-refractivity contribution is -0.899. The van der Waals surface area contributed by atoms with E-state index < -0.39 is 5.91 Å². The number of carbonyl (C=O) groups is 1. The molecule has 0 saturated carbocycles. The summed E-state index contributed by atoms with van der Waals surface area (Å²) in [6.45, 7) is 5.39. The molecule has 108 valence electrons. The minimum absolute atomic E-state index is 0.0997. The Morgan fingerprint density at radius 2 is 2.15 bits per heavy atom. The summed E-state index contributed by atoms with van der Waals surface area (Å²) in [6.07, 6.45) is 1.79. The molecule has 0 atom stereocenters. The van der Waals surface area contributed by atoms with Crippen LogP contribution in [0.2, 0.25) is 5.02 Å². The van der Waals surface area contributed by atoms with Crippen LogP contribution >= 0.6 is 11.6 Å². The lowest BCUT2D eigenvalue weighted by atomic mass is 10.1. The topological polar surface area (TPSA) is 66.1 Å². The Kier molecular flexibility index (Phi) is 4.98. The fourth-order valence-electron chi connectivity index (χ4n) is 2.24. The predicted octanol–water partition coefficient (Wildman–Crippen LogP) is 0.830. The molecule has 0 spiro atoms. The fraction of sp³-hybridized carbons (Fsp3) is 0.429. The molecule has 1 aromatic rings. The Balaban J connectivity index is 1.97. The number of hydrogen-bond acceptors (Lipinski definition) is 3. The first-order valence-corrected chi connectivity index (χ1v) is 7.15. The SMILES string of the molecule is CC[NH+]1CCC(=NNC(=O)c2cc(Cl)ccc2O)CC1. The average Bonchev–Trinajstić information content (AvgIpc) is 2.47. The molecule has 1 fully saturated rings. The van der Waals surface area contributed by atoms with Gasteiger partial charge in [-0.1, -0.05) is 11.6 Å². The first-order valence-electron chi connectivity index (χ1n) is 6.78. The van der Waals surface area contributed by atoms with E-state index in [-0.39, 0.29) is 11.3 Å². The van der Waals surface area contributed by atoms with Crippen molar-refractivity contribution in [1.29, 1.82) is 0 Å². The standard InChI is InChI=1S/C14H18ClN3O2/c1-2-18-7-5-11(6-8-18)16-17-14(20)12-9-10(15)3-4-13(12)19/h3-4,9,19H,2,5-8H2,1H3,(H,17,20)/p+1. The number of quaternary nitrogens is 1. The van der Waals surface area contributed by atoms with Gasteiger partial charge in [0, 0.05) is 23.6 Å². The Labute approximate surface area is 123 Å². The monoisotopic (exact) mass is 296 g/mol. The Morgan fingerprint density at radius 3 is 2.80 bits per heavy atom. The normalized spacial score (nSPS) is 18.7. The number of aromatic hydroxyl groups is 1. The molecule has 3 N–H and O–H groups in total. The number of rotatable bonds is 3. The van der Waals surface area contributed by atoms with E-state index in [9.17, 15) is 9.90 Å². The van der Waals surface area contributed by atoms with Gasteiger partial charge in [-0.3, -0.25) is 4.79 Å². The van der Waals surface area contributed by atoms with Crippen molar-refractivity contribution < 1.29 is 14.8 Å². The Morgan fingerprint density at radius 1 is 1.45 bits per heavy atom. The molecule has 1 aromatic carbocycles. The number of amides is 1. The summed E-state index contributed by atoms with van der Waals surface area (Å²) in [5, 5.41) is 14.2. The molecule has 5 nitrogen and oxygen atoms in total. The molecule has 1 aliphatic rings. The second kappa shape index (κ2) is 6.72. The molecule has 1 saturated heterocycles. The zero-order valence-electron chi connectivity index (χ0n) is 11.4. The van der Waals surface area contributed by atoms with Crippen LogP contribution in [0.3, 0.4) is 0 Å². The summed E-state index contributed by atoms with van der Waals surface area (Å²) in [5.74, 6) is -0.542. The van der Waals surface area contributed by atoms with Crippen molar-refractivity contribution >= 4 is 23.2 Å². The molecule has 1 heterocycles. The third-order valence-electron chi connectivity index (χ3n) is 3.55. The van der Waals surface area contributed by atoms with Gasteiger partial charge in [-0.2, -0.15) is 5.10 Å². The number of carbonyl (C=O) groups excluding carboxylic acids is 1. The second-order valence-corrected chi connectivity index (χ2v) is 5.32. The summed E-state index contributed by atoms with van der Waals surface area (Å²) in [7, 11) is 0. The van der Waals surface area contributed by atoms with Crippen LogP contribution in [-0.2, 0) is 0 Å². The number of benzene rings is 1. The van der Waals surface area contributed by atoms with Crippen LogP contribution < -0.4 is 10.3 Å². The number of likely N-dealkylation sites (tertiary alicyclic amines) is 1. The lowest BCUT2D eigenvalue weighted by Gasteiger charge is -2.23. The maximum absolute atomic E-state index is 11.9. The summed E-state index contributed by atoms with van der Waals surface area (Å²) >= 11 is 5.81. The average molecular weight is 297 g/mol. The van der Waals surface area contributed by atoms with Crippen LogP contribution in [0.5, 0.6) is 5.75 Å². The van der Waals surface area contributed by atoms with E-state index in [1.165, 1.54) is 18.2 Å². The first-order chi connectivity index (χ1) is 9.60. The van der Waals surface area contributed by atoms with E-state index in [2.05, 4.69) is 17.5 Å². The summed E-state index contributed by atoms with van der Waals surface area (Å²) in [5.41, 5.74) is 3.63. The highest BCUT2D eigenvalue weighted by molar-refractivity contribution is 6.31. The molecular weight excluding hydrogens is 278 g/mol. The van der Waals surface area contributed by atoms with Crippen molar-refractivity contribution in [2.75, 3.05) is 19.6 Å². The highest BCUT2D eigenvalue weighted by Crippen LogP contribution is 2.21. The molecular formula is C14H19ClN3O2+. The van der Waals surface area contributed by atoms with Crippen molar-refractivity contribution in [3.8, 4) is 5.75 Å². The number of hydrazone groups is 1. The predicted molar refractivity (Wildman–Crippen MR) is 78.5 cm³/mol. The summed E-state index contributed by atoms with van der Waals surface area (Å²) in [4.78, 5) is 13.5. The van der Waals surface area contributed by atoms with Gasteiger partial charge < -0.3 is 10.0 Å². The number of phenols is 1. The highest BCUT2D eigenvalue weighted by atomic mass is 35.5. The number of hydrogen-bond donors (Lipinski definition) is 3. The number of phenolic OH excluding ortho intramolecular Hbond substituents is 1. The van der Waals surface area contributed by atoms with Gasteiger partial charge in [0.05, 0.1) is 25.2 Å². The Hall–Kier alpha value is -1.59. The van der Waals surface area contributed by atoms with Crippen LogP contribution in [0.1, 0.15) is 30.1 Å². The molecule has 1 amide bonds. The van der Waals surface area contributed by atoms with Crippen LogP contribution in [0.4, 0.5) is 0 Å². The molecule has 0 aromatic heterocycles. The minimum Gasteiger partial charge on any atom is -0.507 e. The zero-order valence-corrected chi connectivity index (χ0v) is 12.2. The van der Waals surface area contributed by atoms with Crippen LogP contribution in [0, 0.1) is 0 Å². The number of piperidine rings is 1. The van der Waals surface area contributed by atoms with Gasteiger partial charge in [0.15, 0.2) is 0 Å². The second-order valence-electron chi connectivity index (χ2n) is 4.88. The van der Waals surface area contributed by atoms with Crippen molar-refractivity contribution in [1.82, 2.24) is 5.43 Å². The quantitative estimate of drug-likeness (QED) is 0.723. The van der Waals surface area contributed by atoms with Gasteiger partial charge >= 0.3 is 0 Å². The smallest absolute Gasteiger partial charge is 0.275 e. The number of halogens is 1.